The van der Waals surface area contributed by atoms with Gasteiger partial charge in [0.2, 0.25) is 5.75 Å². The lowest BCUT2D eigenvalue weighted by Gasteiger charge is -2.28. The van der Waals surface area contributed by atoms with Gasteiger partial charge in [-0.25, -0.2) is 18.6 Å². The van der Waals surface area contributed by atoms with Crippen molar-refractivity contribution in [3.05, 3.63) is 89.2 Å². The number of nitrogens with zero attached hydrogens (tertiary/aromatic N) is 2. The highest BCUT2D eigenvalue weighted by molar-refractivity contribution is 5.98. The maximum Gasteiger partial charge on any atom is 0.347 e. The zero-order valence-corrected chi connectivity index (χ0v) is 20.5. The maximum atomic E-state index is 13.5. The molecule has 1 heterocycles. The molecular formula is C26H25F2N3O6. The minimum absolute atomic E-state index is 0.103. The summed E-state index contributed by atoms with van der Waals surface area (Å²) in [5.41, 5.74) is 0.885. The van der Waals surface area contributed by atoms with E-state index in [1.54, 1.807) is 0 Å². The van der Waals surface area contributed by atoms with Crippen LogP contribution in [0.15, 0.2) is 60.8 Å². The van der Waals surface area contributed by atoms with Crippen molar-refractivity contribution >= 4 is 17.8 Å². The molecule has 0 bridgehead atoms. The molecule has 0 unspecified atom stereocenters. The van der Waals surface area contributed by atoms with Gasteiger partial charge in [0.1, 0.15) is 17.7 Å². The van der Waals surface area contributed by atoms with Gasteiger partial charge in [0.15, 0.2) is 11.4 Å². The van der Waals surface area contributed by atoms with E-state index in [1.165, 1.54) is 86.9 Å². The molecule has 2 aromatic carbocycles. The number of benzene rings is 2. The van der Waals surface area contributed by atoms with Crippen LogP contribution in [0.1, 0.15) is 41.5 Å². The molecule has 1 aromatic heterocycles. The molecule has 37 heavy (non-hydrogen) atoms. The molecule has 3 aromatic rings. The molecule has 0 radical (unpaired) electrons. The van der Waals surface area contributed by atoms with Crippen LogP contribution in [0.4, 0.5) is 8.78 Å². The van der Waals surface area contributed by atoms with Gasteiger partial charge in [0.05, 0.1) is 13.2 Å². The predicted molar refractivity (Wildman–Crippen MR) is 128 cm³/mol. The van der Waals surface area contributed by atoms with E-state index in [1.807, 2.05) is 0 Å². The molecule has 11 heteroatoms. The zero-order chi connectivity index (χ0) is 27.1. The number of esters is 1. The Kier molecular flexibility index (Phi) is 8.86. The van der Waals surface area contributed by atoms with Crippen LogP contribution in [0.5, 0.6) is 11.5 Å². The van der Waals surface area contributed by atoms with Crippen molar-refractivity contribution in [3.63, 3.8) is 0 Å². The number of hydroxylamine groups is 2. The zero-order valence-electron chi connectivity index (χ0n) is 20.5. The number of rotatable bonds is 9. The molecule has 1 amide bonds. The highest BCUT2D eigenvalue weighted by Crippen LogP contribution is 2.30. The second kappa shape index (κ2) is 12.0. The number of carbonyl (C=O) groups is 3. The number of aromatic nitrogens is 1. The van der Waals surface area contributed by atoms with Gasteiger partial charge in [-0.2, -0.15) is 0 Å². The van der Waals surface area contributed by atoms with Crippen molar-refractivity contribution in [2.75, 3.05) is 14.2 Å². The van der Waals surface area contributed by atoms with Crippen molar-refractivity contribution in [1.29, 1.82) is 0 Å². The number of hydrogen-bond donors (Lipinski definition) is 1. The topological polar surface area (TPSA) is 107 Å². The van der Waals surface area contributed by atoms with Crippen LogP contribution in [0, 0.1) is 11.6 Å². The summed E-state index contributed by atoms with van der Waals surface area (Å²) in [4.78, 5) is 46.6. The number of carbonyl (C=O) groups excluding carboxylic acids is 3. The number of halogens is 2. The Labute approximate surface area is 211 Å². The Hall–Kier alpha value is -4.38. The summed E-state index contributed by atoms with van der Waals surface area (Å²) in [6, 6.07) is 10.6. The van der Waals surface area contributed by atoms with Gasteiger partial charge in [-0.15, -0.1) is 5.06 Å². The third kappa shape index (κ3) is 6.85. The Morgan fingerprint density at radius 1 is 0.946 bits per heavy atom. The average molecular weight is 513 g/mol. The Morgan fingerprint density at radius 2 is 1.49 bits per heavy atom. The van der Waals surface area contributed by atoms with Crippen molar-refractivity contribution in [1.82, 2.24) is 15.4 Å². The van der Waals surface area contributed by atoms with E-state index in [0.29, 0.717) is 11.1 Å². The summed E-state index contributed by atoms with van der Waals surface area (Å²) in [6.45, 7) is 2.55. The Morgan fingerprint density at radius 3 is 1.97 bits per heavy atom. The normalized spacial score (nSPS) is 11.7. The summed E-state index contributed by atoms with van der Waals surface area (Å²) in [5, 5.41) is 3.67. The minimum Gasteiger partial charge on any atom is -0.493 e. The van der Waals surface area contributed by atoms with Crippen LogP contribution in [0.3, 0.4) is 0 Å². The molecule has 1 atom stereocenters. The molecule has 0 spiro atoms. The van der Waals surface area contributed by atoms with Crippen molar-refractivity contribution in [3.8, 4) is 11.5 Å². The monoisotopic (exact) mass is 513 g/mol. The average Bonchev–Trinajstić information content (AvgIpc) is 2.86. The summed E-state index contributed by atoms with van der Waals surface area (Å²) in [7, 11) is 2.81. The smallest absolute Gasteiger partial charge is 0.347 e. The summed E-state index contributed by atoms with van der Waals surface area (Å²) in [6.07, 6.45) is 1.29. The van der Waals surface area contributed by atoms with Crippen LogP contribution in [0.2, 0.25) is 0 Å². The first-order valence-corrected chi connectivity index (χ1v) is 11.1. The number of amides is 1. The second-order valence-corrected chi connectivity index (χ2v) is 7.94. The molecule has 0 aliphatic heterocycles. The number of methoxy groups -OCH3 is 1. The molecular weight excluding hydrogens is 488 g/mol. The van der Waals surface area contributed by atoms with Gasteiger partial charge in [0, 0.05) is 26.2 Å². The van der Waals surface area contributed by atoms with Crippen molar-refractivity contribution < 1.29 is 37.5 Å². The first kappa shape index (κ1) is 27.2. The van der Waals surface area contributed by atoms with E-state index in [4.69, 9.17) is 14.3 Å². The minimum atomic E-state index is -1.16. The molecule has 0 aliphatic carbocycles. The van der Waals surface area contributed by atoms with E-state index in [0.717, 1.165) is 6.92 Å². The number of ether oxygens (including phenoxy) is 2. The van der Waals surface area contributed by atoms with Gasteiger partial charge < -0.3 is 19.6 Å². The molecule has 194 valence electrons. The first-order chi connectivity index (χ1) is 17.6. The molecule has 0 saturated carbocycles. The van der Waals surface area contributed by atoms with Gasteiger partial charge in [0.25, 0.3) is 5.91 Å². The molecule has 9 nitrogen and oxygen atoms in total. The first-order valence-electron chi connectivity index (χ1n) is 11.1. The standard InChI is InChI=1S/C26H25F2N3O6/c1-15(30-25(33)22-24(36-16(2)32)21(35-4)13-14-29-22)26(34)37-31(3)23(17-5-9-19(27)10-6-17)18-7-11-20(28)12-8-18/h5-15,23H,1-4H3,(H,30,33)/t15-/m0/s1. The summed E-state index contributed by atoms with van der Waals surface area (Å²) >= 11 is 0. The SMILES string of the molecule is COc1ccnc(C(=O)N[C@@H](C)C(=O)ON(C)C(c2ccc(F)cc2)c2ccc(F)cc2)c1OC(C)=O. The van der Waals surface area contributed by atoms with E-state index < -0.39 is 41.6 Å². The maximum absolute atomic E-state index is 13.5. The van der Waals surface area contributed by atoms with Crippen molar-refractivity contribution in [2.45, 2.75) is 25.9 Å². The van der Waals surface area contributed by atoms with Gasteiger partial charge >= 0.3 is 11.9 Å². The summed E-state index contributed by atoms with van der Waals surface area (Å²) in [5.74, 6) is -3.32. The second-order valence-electron chi connectivity index (χ2n) is 7.94. The fourth-order valence-electron chi connectivity index (χ4n) is 3.50. The largest absolute Gasteiger partial charge is 0.493 e. The molecule has 0 aliphatic rings. The van der Waals surface area contributed by atoms with Crippen LogP contribution in [0.25, 0.3) is 0 Å². The Bertz CT molecular complexity index is 1220. The fourth-order valence-corrected chi connectivity index (χ4v) is 3.50. The quantitative estimate of drug-likeness (QED) is 0.342. The van der Waals surface area contributed by atoms with Crippen molar-refractivity contribution in [2.24, 2.45) is 0 Å². The van der Waals surface area contributed by atoms with Crippen LogP contribution in [-0.4, -0.2) is 48.1 Å². The lowest BCUT2D eigenvalue weighted by Crippen LogP contribution is -2.43. The predicted octanol–water partition coefficient (Wildman–Crippen LogP) is 3.59. The number of pyridine rings is 1. The fraction of sp³-hybridized carbons (Fsp3) is 0.231. The third-order valence-corrected chi connectivity index (χ3v) is 5.22. The van der Waals surface area contributed by atoms with Crippen LogP contribution >= 0.6 is 0 Å². The van der Waals surface area contributed by atoms with Crippen LogP contribution < -0.4 is 14.8 Å². The highest BCUT2D eigenvalue weighted by Gasteiger charge is 2.28. The number of nitrogens with one attached hydrogen (secondary N) is 1. The third-order valence-electron chi connectivity index (χ3n) is 5.22. The Balaban J connectivity index is 1.78. The van der Waals surface area contributed by atoms with Gasteiger partial charge in [-0.1, -0.05) is 24.3 Å². The lowest BCUT2D eigenvalue weighted by molar-refractivity contribution is -0.193. The van der Waals surface area contributed by atoms with E-state index in [2.05, 4.69) is 10.3 Å². The number of hydrogen-bond acceptors (Lipinski definition) is 8. The highest BCUT2D eigenvalue weighted by atomic mass is 19.1. The van der Waals surface area contributed by atoms with E-state index in [-0.39, 0.29) is 17.2 Å². The lowest BCUT2D eigenvalue weighted by atomic mass is 9.98. The van der Waals surface area contributed by atoms with E-state index in [9.17, 15) is 23.2 Å². The molecule has 1 N–H and O–H groups in total. The molecule has 3 rings (SSSR count). The molecule has 0 fully saturated rings. The summed E-state index contributed by atoms with van der Waals surface area (Å²) < 4.78 is 37.2. The van der Waals surface area contributed by atoms with Gasteiger partial charge in [-0.3, -0.25) is 9.59 Å². The van der Waals surface area contributed by atoms with Gasteiger partial charge in [-0.05, 0) is 42.3 Å². The van der Waals surface area contributed by atoms with Crippen LogP contribution in [-0.2, 0) is 14.4 Å². The van der Waals surface area contributed by atoms with E-state index >= 15 is 0 Å². The molecule has 0 saturated heterocycles.